The number of hydrogen-bond acceptors (Lipinski definition) is 3. The summed E-state index contributed by atoms with van der Waals surface area (Å²) >= 11 is 0. The molecule has 0 radical (unpaired) electrons. The third kappa shape index (κ3) is 1.44. The molecule has 1 aliphatic heterocycles. The van der Waals surface area contributed by atoms with E-state index in [0.717, 1.165) is 0 Å². The third-order valence-electron chi connectivity index (χ3n) is 1.89. The first-order chi connectivity index (χ1) is 6.66. The molecular formula is C9H6FNO3. The molecule has 0 aliphatic carbocycles. The van der Waals surface area contributed by atoms with Crippen LogP contribution in [0.2, 0.25) is 0 Å². The Kier molecular flexibility index (Phi) is 1.92. The van der Waals surface area contributed by atoms with Gasteiger partial charge in [0.15, 0.2) is 6.04 Å². The van der Waals surface area contributed by atoms with Crippen molar-refractivity contribution in [3.8, 4) is 0 Å². The summed E-state index contributed by atoms with van der Waals surface area (Å²) in [5, 5.41) is 2.31. The lowest BCUT2D eigenvalue weighted by molar-refractivity contribution is -0.135. The van der Waals surface area contributed by atoms with Crippen molar-refractivity contribution in [2.24, 2.45) is 0 Å². The molecule has 0 bridgehead atoms. The minimum absolute atomic E-state index is 0.397. The van der Waals surface area contributed by atoms with Crippen LogP contribution in [0.25, 0.3) is 0 Å². The minimum Gasteiger partial charge on any atom is -0.374 e. The van der Waals surface area contributed by atoms with Crippen LogP contribution in [0.5, 0.6) is 0 Å². The molecule has 1 saturated heterocycles. The number of hydrogen-bond donors (Lipinski definition) is 1. The van der Waals surface area contributed by atoms with E-state index >= 15 is 0 Å². The van der Waals surface area contributed by atoms with Gasteiger partial charge in [-0.25, -0.2) is 14.0 Å². The molecule has 1 heterocycles. The fourth-order valence-electron chi connectivity index (χ4n) is 1.23. The van der Waals surface area contributed by atoms with Crippen molar-refractivity contribution in [3.63, 3.8) is 0 Å². The molecular weight excluding hydrogens is 189 g/mol. The zero-order valence-corrected chi connectivity index (χ0v) is 6.99. The Morgan fingerprint density at radius 3 is 2.36 bits per heavy atom. The van der Waals surface area contributed by atoms with Crippen molar-refractivity contribution in [3.05, 3.63) is 35.6 Å². The number of benzene rings is 1. The van der Waals surface area contributed by atoms with Gasteiger partial charge in [0, 0.05) is 0 Å². The molecule has 1 N–H and O–H groups in total. The van der Waals surface area contributed by atoms with Crippen LogP contribution < -0.4 is 5.32 Å². The summed E-state index contributed by atoms with van der Waals surface area (Å²) in [6.45, 7) is 0. The first-order valence-corrected chi connectivity index (χ1v) is 3.94. The maximum absolute atomic E-state index is 12.5. The highest BCUT2D eigenvalue weighted by molar-refractivity contribution is 5.96. The van der Waals surface area contributed by atoms with Crippen LogP contribution in [0.1, 0.15) is 11.6 Å². The summed E-state index contributed by atoms with van der Waals surface area (Å²) in [5.41, 5.74) is 0.502. The van der Waals surface area contributed by atoms with E-state index in [1.165, 1.54) is 24.3 Å². The van der Waals surface area contributed by atoms with Crippen molar-refractivity contribution in [1.29, 1.82) is 0 Å². The Hall–Kier alpha value is -1.91. The van der Waals surface area contributed by atoms with Gasteiger partial charge in [0.1, 0.15) is 5.82 Å². The van der Waals surface area contributed by atoms with E-state index in [1.807, 2.05) is 0 Å². The lowest BCUT2D eigenvalue weighted by Gasteiger charge is -2.04. The van der Waals surface area contributed by atoms with Crippen molar-refractivity contribution in [1.82, 2.24) is 5.32 Å². The Balaban J connectivity index is 2.27. The fraction of sp³-hybridized carbons (Fsp3) is 0.111. The number of cyclic esters (lactones) is 2. The summed E-state index contributed by atoms with van der Waals surface area (Å²) in [4.78, 5) is 21.7. The molecule has 14 heavy (non-hydrogen) atoms. The molecule has 1 atom stereocenters. The van der Waals surface area contributed by atoms with E-state index < -0.39 is 23.9 Å². The van der Waals surface area contributed by atoms with Gasteiger partial charge in [0.2, 0.25) is 0 Å². The number of halogens is 1. The predicted molar refractivity (Wildman–Crippen MR) is 43.8 cm³/mol. The number of alkyl carbamates (subject to hydrolysis) is 1. The molecule has 2 rings (SSSR count). The molecule has 72 valence electrons. The van der Waals surface area contributed by atoms with Gasteiger partial charge in [-0.15, -0.1) is 0 Å². The molecule has 1 fully saturated rings. The number of nitrogens with one attached hydrogen (secondary N) is 1. The quantitative estimate of drug-likeness (QED) is 0.539. The van der Waals surface area contributed by atoms with Crippen LogP contribution in [0.4, 0.5) is 9.18 Å². The van der Waals surface area contributed by atoms with Crippen LogP contribution in [0, 0.1) is 5.82 Å². The smallest absolute Gasteiger partial charge is 0.374 e. The highest BCUT2D eigenvalue weighted by Crippen LogP contribution is 2.19. The number of carbonyl (C=O) groups is 2. The maximum Gasteiger partial charge on any atom is 0.415 e. The van der Waals surface area contributed by atoms with Crippen LogP contribution in [0.3, 0.4) is 0 Å². The zero-order valence-electron chi connectivity index (χ0n) is 6.99. The summed E-state index contributed by atoms with van der Waals surface area (Å²) in [7, 11) is 0. The van der Waals surface area contributed by atoms with Crippen molar-refractivity contribution < 1.29 is 18.7 Å². The fourth-order valence-corrected chi connectivity index (χ4v) is 1.23. The first-order valence-electron chi connectivity index (χ1n) is 3.94. The predicted octanol–water partition coefficient (Wildman–Crippen LogP) is 1.13. The van der Waals surface area contributed by atoms with E-state index in [0.29, 0.717) is 5.56 Å². The second-order valence-electron chi connectivity index (χ2n) is 2.84. The molecule has 0 unspecified atom stereocenters. The summed E-state index contributed by atoms with van der Waals surface area (Å²) in [5.74, 6) is -1.06. The van der Waals surface area contributed by atoms with Crippen LogP contribution in [0.15, 0.2) is 24.3 Å². The van der Waals surface area contributed by atoms with Crippen molar-refractivity contribution in [2.75, 3.05) is 0 Å². The van der Waals surface area contributed by atoms with Gasteiger partial charge in [-0.05, 0) is 17.7 Å². The minimum atomic E-state index is -0.817. The second kappa shape index (κ2) is 3.10. The standard InChI is InChI=1S/C9H6FNO3/c10-6-3-1-5(2-4-6)7-8(12)14-9(13)11-7/h1-4,7H,(H,11,13)/t7-/m0/s1. The van der Waals surface area contributed by atoms with E-state index in [2.05, 4.69) is 10.1 Å². The Morgan fingerprint density at radius 2 is 1.86 bits per heavy atom. The molecule has 1 aromatic carbocycles. The molecule has 0 aromatic heterocycles. The molecule has 0 saturated carbocycles. The molecule has 5 heteroatoms. The zero-order chi connectivity index (χ0) is 10.1. The molecule has 0 spiro atoms. The Bertz CT molecular complexity index is 388. The van der Waals surface area contributed by atoms with Gasteiger partial charge in [-0.3, -0.25) is 0 Å². The normalized spacial score (nSPS) is 20.5. The topological polar surface area (TPSA) is 55.4 Å². The average molecular weight is 195 g/mol. The maximum atomic E-state index is 12.5. The lowest BCUT2D eigenvalue weighted by atomic mass is 10.1. The van der Waals surface area contributed by atoms with Gasteiger partial charge in [0.25, 0.3) is 0 Å². The summed E-state index contributed by atoms with van der Waals surface area (Å²) in [6.07, 6.45) is -0.774. The van der Waals surface area contributed by atoms with Crippen LogP contribution >= 0.6 is 0 Å². The molecule has 1 amide bonds. The Labute approximate surface area is 78.7 Å². The lowest BCUT2D eigenvalue weighted by Crippen LogP contribution is -2.19. The number of rotatable bonds is 1. The van der Waals surface area contributed by atoms with Crippen molar-refractivity contribution >= 4 is 12.1 Å². The number of esters is 1. The SMILES string of the molecule is O=C1N[C@@H](c2ccc(F)cc2)C(=O)O1. The molecule has 1 aliphatic rings. The van der Waals surface area contributed by atoms with Gasteiger partial charge in [-0.2, -0.15) is 0 Å². The molecule has 1 aromatic rings. The van der Waals surface area contributed by atoms with E-state index in [4.69, 9.17) is 0 Å². The van der Waals surface area contributed by atoms with Gasteiger partial charge >= 0.3 is 12.1 Å². The Morgan fingerprint density at radius 1 is 1.21 bits per heavy atom. The summed E-state index contributed by atoms with van der Waals surface area (Å²) in [6, 6.07) is 4.46. The third-order valence-corrected chi connectivity index (χ3v) is 1.89. The van der Waals surface area contributed by atoms with E-state index in [-0.39, 0.29) is 0 Å². The van der Waals surface area contributed by atoms with Crippen molar-refractivity contribution in [2.45, 2.75) is 6.04 Å². The molecule has 4 nitrogen and oxygen atoms in total. The highest BCUT2D eigenvalue weighted by atomic mass is 19.1. The summed E-state index contributed by atoms with van der Waals surface area (Å²) < 4.78 is 16.8. The van der Waals surface area contributed by atoms with Gasteiger partial charge < -0.3 is 10.1 Å². The highest BCUT2D eigenvalue weighted by Gasteiger charge is 2.33. The van der Waals surface area contributed by atoms with Crippen LogP contribution in [-0.2, 0) is 9.53 Å². The van der Waals surface area contributed by atoms with Gasteiger partial charge in [-0.1, -0.05) is 12.1 Å². The number of carbonyl (C=O) groups excluding carboxylic acids is 2. The second-order valence-corrected chi connectivity index (χ2v) is 2.84. The van der Waals surface area contributed by atoms with E-state index in [9.17, 15) is 14.0 Å². The number of amides is 1. The van der Waals surface area contributed by atoms with Crippen LogP contribution in [-0.4, -0.2) is 12.1 Å². The van der Waals surface area contributed by atoms with E-state index in [1.54, 1.807) is 0 Å². The number of ether oxygens (including phenoxy) is 1. The first kappa shape index (κ1) is 8.68. The average Bonchev–Trinajstić information content (AvgIpc) is 2.47. The largest absolute Gasteiger partial charge is 0.415 e. The monoisotopic (exact) mass is 195 g/mol. The van der Waals surface area contributed by atoms with Gasteiger partial charge in [0.05, 0.1) is 0 Å².